The third-order valence-corrected chi connectivity index (χ3v) is 4.74. The number of thiazole rings is 1. The second-order valence-electron chi connectivity index (χ2n) is 5.70. The molecule has 0 unspecified atom stereocenters. The highest BCUT2D eigenvalue weighted by Crippen LogP contribution is 2.31. The standard InChI is InChI=1S/C16H18FN3OS/c1-19(2)10-15(21)20-7-6-13-14(9-20)22-16(18-13)11-4-3-5-12(17)8-11/h3-5,8H,6-7,9-10H2,1-2H3. The summed E-state index contributed by atoms with van der Waals surface area (Å²) in [5.41, 5.74) is 1.84. The van der Waals surface area contributed by atoms with Crippen molar-refractivity contribution >= 4 is 17.2 Å². The van der Waals surface area contributed by atoms with Crippen molar-refractivity contribution in [3.63, 3.8) is 0 Å². The molecule has 0 aliphatic carbocycles. The lowest BCUT2D eigenvalue weighted by Crippen LogP contribution is -2.40. The van der Waals surface area contributed by atoms with E-state index < -0.39 is 0 Å². The summed E-state index contributed by atoms with van der Waals surface area (Å²) in [5, 5.41) is 0.825. The first kappa shape index (κ1) is 15.1. The molecule has 116 valence electrons. The monoisotopic (exact) mass is 319 g/mol. The second-order valence-corrected chi connectivity index (χ2v) is 6.79. The largest absolute Gasteiger partial charge is 0.336 e. The first-order valence-electron chi connectivity index (χ1n) is 7.20. The Morgan fingerprint density at radius 3 is 3.00 bits per heavy atom. The first-order valence-corrected chi connectivity index (χ1v) is 8.01. The zero-order valence-corrected chi connectivity index (χ0v) is 13.5. The van der Waals surface area contributed by atoms with Crippen molar-refractivity contribution in [3.8, 4) is 10.6 Å². The Labute approximate surface area is 133 Å². The molecule has 3 rings (SSSR count). The van der Waals surface area contributed by atoms with Crippen molar-refractivity contribution in [2.45, 2.75) is 13.0 Å². The summed E-state index contributed by atoms with van der Waals surface area (Å²) in [6, 6.07) is 6.48. The highest BCUT2D eigenvalue weighted by Gasteiger charge is 2.24. The third kappa shape index (κ3) is 3.18. The lowest BCUT2D eigenvalue weighted by atomic mass is 10.1. The van der Waals surface area contributed by atoms with Crippen LogP contribution in [-0.2, 0) is 17.8 Å². The van der Waals surface area contributed by atoms with Crippen molar-refractivity contribution < 1.29 is 9.18 Å². The molecule has 0 radical (unpaired) electrons. The Bertz CT molecular complexity index is 698. The number of hydrogen-bond acceptors (Lipinski definition) is 4. The van der Waals surface area contributed by atoms with Crippen LogP contribution in [-0.4, -0.2) is 47.9 Å². The van der Waals surface area contributed by atoms with E-state index in [-0.39, 0.29) is 11.7 Å². The molecule has 4 nitrogen and oxygen atoms in total. The molecule has 0 fully saturated rings. The molecule has 1 aromatic carbocycles. The summed E-state index contributed by atoms with van der Waals surface area (Å²) >= 11 is 1.55. The van der Waals surface area contributed by atoms with Crippen LogP contribution in [0.15, 0.2) is 24.3 Å². The van der Waals surface area contributed by atoms with Gasteiger partial charge in [-0.3, -0.25) is 4.79 Å². The minimum Gasteiger partial charge on any atom is -0.336 e. The van der Waals surface area contributed by atoms with Crippen LogP contribution in [0.4, 0.5) is 4.39 Å². The van der Waals surface area contributed by atoms with Crippen molar-refractivity contribution in [2.75, 3.05) is 27.2 Å². The van der Waals surface area contributed by atoms with Crippen LogP contribution in [0.1, 0.15) is 10.6 Å². The van der Waals surface area contributed by atoms with Gasteiger partial charge >= 0.3 is 0 Å². The van der Waals surface area contributed by atoms with E-state index in [1.54, 1.807) is 17.4 Å². The molecule has 0 atom stereocenters. The third-order valence-electron chi connectivity index (χ3n) is 3.61. The Hall–Kier alpha value is -1.79. The van der Waals surface area contributed by atoms with Gasteiger partial charge in [0.15, 0.2) is 0 Å². The molecule has 0 bridgehead atoms. The van der Waals surface area contributed by atoms with Gasteiger partial charge in [0.25, 0.3) is 0 Å². The van der Waals surface area contributed by atoms with Gasteiger partial charge in [-0.1, -0.05) is 12.1 Å². The summed E-state index contributed by atoms with van der Waals surface area (Å²) in [4.78, 5) is 21.6. The fourth-order valence-corrected chi connectivity index (χ4v) is 3.64. The van der Waals surface area contributed by atoms with E-state index in [0.717, 1.165) is 27.6 Å². The molecular formula is C16H18FN3OS. The number of carbonyl (C=O) groups excluding carboxylic acids is 1. The van der Waals surface area contributed by atoms with E-state index in [0.29, 0.717) is 19.6 Å². The molecule has 1 aromatic heterocycles. The molecular weight excluding hydrogens is 301 g/mol. The number of fused-ring (bicyclic) bond motifs is 1. The van der Waals surface area contributed by atoms with E-state index in [1.165, 1.54) is 12.1 Å². The molecule has 2 aromatic rings. The molecule has 0 saturated carbocycles. The number of amides is 1. The van der Waals surface area contributed by atoms with Gasteiger partial charge in [-0.25, -0.2) is 9.37 Å². The molecule has 1 aliphatic rings. The predicted octanol–water partition coefficient (Wildman–Crippen LogP) is 2.40. The van der Waals surface area contributed by atoms with Crippen LogP contribution in [0, 0.1) is 5.82 Å². The Kier molecular flexibility index (Phi) is 4.22. The van der Waals surface area contributed by atoms with Gasteiger partial charge < -0.3 is 9.80 Å². The normalized spacial score (nSPS) is 14.3. The maximum absolute atomic E-state index is 13.3. The topological polar surface area (TPSA) is 36.4 Å². The van der Waals surface area contributed by atoms with E-state index in [4.69, 9.17) is 0 Å². The van der Waals surface area contributed by atoms with Crippen LogP contribution in [0.2, 0.25) is 0 Å². The minimum absolute atomic E-state index is 0.136. The molecule has 22 heavy (non-hydrogen) atoms. The van der Waals surface area contributed by atoms with Crippen LogP contribution >= 0.6 is 11.3 Å². The van der Waals surface area contributed by atoms with E-state index in [1.807, 2.05) is 30.0 Å². The summed E-state index contributed by atoms with van der Waals surface area (Å²) in [6.45, 7) is 1.73. The van der Waals surface area contributed by atoms with Crippen LogP contribution in [0.5, 0.6) is 0 Å². The van der Waals surface area contributed by atoms with Gasteiger partial charge in [0.05, 0.1) is 18.8 Å². The fraction of sp³-hybridized carbons (Fsp3) is 0.375. The second kappa shape index (κ2) is 6.14. The van der Waals surface area contributed by atoms with E-state index in [2.05, 4.69) is 4.98 Å². The molecule has 0 spiro atoms. The van der Waals surface area contributed by atoms with Crippen molar-refractivity contribution in [3.05, 3.63) is 40.7 Å². The van der Waals surface area contributed by atoms with E-state index in [9.17, 15) is 9.18 Å². The molecule has 1 aliphatic heterocycles. The first-order chi connectivity index (χ1) is 10.5. The zero-order valence-electron chi connectivity index (χ0n) is 12.7. The zero-order chi connectivity index (χ0) is 15.7. The number of likely N-dealkylation sites (N-methyl/N-ethyl adjacent to an activating group) is 1. The van der Waals surface area contributed by atoms with Gasteiger partial charge in [-0.05, 0) is 26.2 Å². The van der Waals surface area contributed by atoms with Gasteiger partial charge in [-0.2, -0.15) is 0 Å². The highest BCUT2D eigenvalue weighted by molar-refractivity contribution is 7.15. The highest BCUT2D eigenvalue weighted by atomic mass is 32.1. The maximum atomic E-state index is 13.3. The van der Waals surface area contributed by atoms with E-state index >= 15 is 0 Å². The quantitative estimate of drug-likeness (QED) is 0.872. The van der Waals surface area contributed by atoms with Crippen molar-refractivity contribution in [1.29, 1.82) is 0 Å². The number of hydrogen-bond donors (Lipinski definition) is 0. The summed E-state index contributed by atoms with van der Waals surface area (Å²) in [7, 11) is 3.78. The number of benzene rings is 1. The van der Waals surface area contributed by atoms with Gasteiger partial charge in [0.2, 0.25) is 5.91 Å². The van der Waals surface area contributed by atoms with Crippen LogP contribution < -0.4 is 0 Å². The number of carbonyl (C=O) groups is 1. The smallest absolute Gasteiger partial charge is 0.237 e. The molecule has 2 heterocycles. The molecule has 1 amide bonds. The predicted molar refractivity (Wildman–Crippen MR) is 85.2 cm³/mol. The number of aromatic nitrogens is 1. The van der Waals surface area contributed by atoms with Gasteiger partial charge in [0, 0.05) is 23.4 Å². The number of nitrogens with zero attached hydrogens (tertiary/aromatic N) is 3. The average Bonchev–Trinajstić information content (AvgIpc) is 2.89. The average molecular weight is 319 g/mol. The maximum Gasteiger partial charge on any atom is 0.237 e. The Morgan fingerprint density at radius 2 is 2.27 bits per heavy atom. The SMILES string of the molecule is CN(C)CC(=O)N1CCc2nc(-c3cccc(F)c3)sc2C1. The van der Waals surface area contributed by atoms with Gasteiger partial charge in [-0.15, -0.1) is 11.3 Å². The summed E-state index contributed by atoms with van der Waals surface area (Å²) in [6.07, 6.45) is 0.764. The fourth-order valence-electron chi connectivity index (χ4n) is 2.52. The lowest BCUT2D eigenvalue weighted by Gasteiger charge is -2.27. The number of halogens is 1. The molecule has 0 N–H and O–H groups in total. The Balaban J connectivity index is 1.80. The Morgan fingerprint density at radius 1 is 1.45 bits per heavy atom. The minimum atomic E-state index is -0.256. The van der Waals surface area contributed by atoms with Crippen molar-refractivity contribution in [2.24, 2.45) is 0 Å². The van der Waals surface area contributed by atoms with Crippen molar-refractivity contribution in [1.82, 2.24) is 14.8 Å². The van der Waals surface area contributed by atoms with Crippen LogP contribution in [0.25, 0.3) is 10.6 Å². The summed E-state index contributed by atoms with van der Waals surface area (Å²) in [5.74, 6) is -0.121. The molecule has 6 heteroatoms. The summed E-state index contributed by atoms with van der Waals surface area (Å²) < 4.78 is 13.3. The van der Waals surface area contributed by atoms with Gasteiger partial charge in [0.1, 0.15) is 10.8 Å². The van der Waals surface area contributed by atoms with Crippen LogP contribution in [0.3, 0.4) is 0 Å². The molecule has 0 saturated heterocycles. The lowest BCUT2D eigenvalue weighted by molar-refractivity contribution is -0.132. The number of rotatable bonds is 3.